The highest BCUT2D eigenvalue weighted by Crippen LogP contribution is 2.24. The first-order valence-electron chi connectivity index (χ1n) is 9.74. The molecule has 0 saturated heterocycles. The molecule has 3 rings (SSSR count). The molecule has 1 atom stereocenters. The van der Waals surface area contributed by atoms with E-state index in [1.807, 2.05) is 36.4 Å². The van der Waals surface area contributed by atoms with Crippen molar-refractivity contribution in [1.82, 2.24) is 0 Å². The lowest BCUT2D eigenvalue weighted by atomic mass is 9.95. The number of hydrogen-bond donors (Lipinski definition) is 1. The summed E-state index contributed by atoms with van der Waals surface area (Å²) in [7, 11) is 0. The molecule has 1 unspecified atom stereocenters. The summed E-state index contributed by atoms with van der Waals surface area (Å²) in [5.74, 6) is 0.199. The maximum Gasteiger partial charge on any atom is 0.193 e. The number of aliphatic hydroxyl groups is 1. The van der Waals surface area contributed by atoms with Crippen LogP contribution in [0.2, 0.25) is 5.02 Å². The molecular weight excluding hydrogens is 400 g/mol. The maximum atomic E-state index is 12.8. The Morgan fingerprint density at radius 2 is 1.70 bits per heavy atom. The Hall–Kier alpha value is -2.95. The van der Waals surface area contributed by atoms with Gasteiger partial charge in [0.2, 0.25) is 0 Å². The van der Waals surface area contributed by atoms with E-state index in [1.165, 1.54) is 6.92 Å². The molecule has 0 bridgehead atoms. The summed E-state index contributed by atoms with van der Waals surface area (Å²) < 4.78 is 5.65. The second-order valence-corrected chi connectivity index (χ2v) is 7.49. The van der Waals surface area contributed by atoms with Gasteiger partial charge in [-0.25, -0.2) is 0 Å². The van der Waals surface area contributed by atoms with Crippen LogP contribution >= 0.6 is 11.6 Å². The van der Waals surface area contributed by atoms with Gasteiger partial charge in [-0.2, -0.15) is 0 Å². The summed E-state index contributed by atoms with van der Waals surface area (Å²) in [6.07, 6.45) is 0.196. The summed E-state index contributed by atoms with van der Waals surface area (Å²) in [5, 5.41) is 10.8. The Morgan fingerprint density at radius 3 is 2.43 bits per heavy atom. The summed E-state index contributed by atoms with van der Waals surface area (Å²) in [6, 6.07) is 21.4. The third-order valence-electron chi connectivity index (χ3n) is 4.80. The molecule has 0 aliphatic heterocycles. The normalized spacial score (nSPS) is 11.7. The van der Waals surface area contributed by atoms with Gasteiger partial charge in [-0.15, -0.1) is 0 Å². The van der Waals surface area contributed by atoms with Gasteiger partial charge in [0.25, 0.3) is 0 Å². The predicted octanol–water partition coefficient (Wildman–Crippen LogP) is 5.39. The highest BCUT2D eigenvalue weighted by molar-refractivity contribution is 6.31. The van der Waals surface area contributed by atoms with Gasteiger partial charge in [-0.05, 0) is 43.5 Å². The molecule has 30 heavy (non-hydrogen) atoms. The molecule has 0 amide bonds. The zero-order valence-corrected chi connectivity index (χ0v) is 17.4. The smallest absolute Gasteiger partial charge is 0.193 e. The SMILES string of the molecule is CC(=O)c1cc(Cl)ccc1OCC(O)CCc1ccccc1C(=O)c1ccccc1.[HH]. The third kappa shape index (κ3) is 5.56. The topological polar surface area (TPSA) is 63.6 Å². The monoisotopic (exact) mass is 424 g/mol. The van der Waals surface area contributed by atoms with Crippen molar-refractivity contribution in [1.29, 1.82) is 0 Å². The number of carbonyl (C=O) groups excluding carboxylic acids is 2. The first-order valence-corrected chi connectivity index (χ1v) is 10.1. The zero-order valence-electron chi connectivity index (χ0n) is 16.7. The van der Waals surface area contributed by atoms with Gasteiger partial charge in [-0.1, -0.05) is 66.2 Å². The quantitative estimate of drug-likeness (QED) is 0.467. The molecule has 0 spiro atoms. The number of carbonyl (C=O) groups is 2. The fourth-order valence-corrected chi connectivity index (χ4v) is 3.37. The summed E-state index contributed by atoms with van der Waals surface area (Å²) in [5.41, 5.74) is 2.52. The Morgan fingerprint density at radius 1 is 1.00 bits per heavy atom. The van der Waals surface area contributed by atoms with Crippen molar-refractivity contribution >= 4 is 23.2 Å². The Labute approximate surface area is 182 Å². The van der Waals surface area contributed by atoms with Crippen molar-refractivity contribution in [2.24, 2.45) is 0 Å². The fraction of sp³-hybridized carbons (Fsp3) is 0.200. The lowest BCUT2D eigenvalue weighted by molar-refractivity contribution is 0.0948. The number of ether oxygens (including phenoxy) is 1. The number of ketones is 2. The van der Waals surface area contributed by atoms with E-state index in [0.29, 0.717) is 40.3 Å². The largest absolute Gasteiger partial charge is 0.490 e. The van der Waals surface area contributed by atoms with Crippen LogP contribution < -0.4 is 4.74 Å². The third-order valence-corrected chi connectivity index (χ3v) is 5.03. The van der Waals surface area contributed by atoms with E-state index in [2.05, 4.69) is 0 Å². The van der Waals surface area contributed by atoms with Gasteiger partial charge < -0.3 is 9.84 Å². The van der Waals surface area contributed by atoms with Gasteiger partial charge >= 0.3 is 0 Å². The van der Waals surface area contributed by atoms with Gasteiger partial charge in [-0.3, -0.25) is 9.59 Å². The standard InChI is InChI=1S/C25H23ClO4.H2/c1-17(27)23-15-20(26)12-14-24(23)30-16-21(28)13-11-18-7-5-6-10-22(18)25(29)19-8-3-2-4-9-19;/h2-10,12,14-15,21,28H,11,13,16H2,1H3;1H. The van der Waals surface area contributed by atoms with E-state index in [9.17, 15) is 14.7 Å². The first-order chi connectivity index (χ1) is 14.5. The van der Waals surface area contributed by atoms with E-state index in [0.717, 1.165) is 5.56 Å². The minimum atomic E-state index is -0.750. The summed E-state index contributed by atoms with van der Waals surface area (Å²) in [6.45, 7) is 1.48. The first kappa shape index (κ1) is 21.8. The molecule has 1 N–H and O–H groups in total. The van der Waals surface area contributed by atoms with Crippen molar-refractivity contribution < 1.29 is 20.9 Å². The van der Waals surface area contributed by atoms with E-state index < -0.39 is 6.10 Å². The average Bonchev–Trinajstić information content (AvgIpc) is 2.77. The molecule has 4 nitrogen and oxygen atoms in total. The van der Waals surface area contributed by atoms with Crippen LogP contribution in [0.3, 0.4) is 0 Å². The molecule has 3 aromatic carbocycles. The van der Waals surface area contributed by atoms with Crippen LogP contribution in [-0.4, -0.2) is 29.4 Å². The lowest BCUT2D eigenvalue weighted by Crippen LogP contribution is -2.19. The fourth-order valence-electron chi connectivity index (χ4n) is 3.20. The van der Waals surface area contributed by atoms with Crippen LogP contribution in [-0.2, 0) is 6.42 Å². The lowest BCUT2D eigenvalue weighted by Gasteiger charge is -2.15. The van der Waals surface area contributed by atoms with Crippen molar-refractivity contribution in [2.45, 2.75) is 25.9 Å². The summed E-state index contributed by atoms with van der Waals surface area (Å²) in [4.78, 5) is 24.6. The summed E-state index contributed by atoms with van der Waals surface area (Å²) >= 11 is 5.94. The Bertz CT molecular complexity index is 1040. The minimum absolute atomic E-state index is 0. The van der Waals surface area contributed by atoms with Crippen molar-refractivity contribution in [2.75, 3.05) is 6.61 Å². The second-order valence-electron chi connectivity index (χ2n) is 7.05. The number of benzene rings is 3. The molecule has 0 fully saturated rings. The average molecular weight is 425 g/mol. The van der Waals surface area contributed by atoms with Gasteiger partial charge in [0.1, 0.15) is 12.4 Å². The molecule has 0 heterocycles. The molecular formula is C25H25ClO4. The second kappa shape index (κ2) is 10.2. The molecule has 0 radical (unpaired) electrons. The Kier molecular flexibility index (Phi) is 7.39. The number of halogens is 1. The molecule has 0 aliphatic carbocycles. The molecule has 3 aromatic rings. The number of Topliss-reactive ketones (excluding diaryl/α,β-unsaturated/α-hetero) is 1. The molecule has 5 heteroatoms. The van der Waals surface area contributed by atoms with Crippen LogP contribution in [0.1, 0.15) is 46.6 Å². The maximum absolute atomic E-state index is 12.8. The highest BCUT2D eigenvalue weighted by Gasteiger charge is 2.15. The van der Waals surface area contributed by atoms with E-state index >= 15 is 0 Å². The number of hydrogen-bond acceptors (Lipinski definition) is 4. The van der Waals surface area contributed by atoms with Crippen molar-refractivity contribution in [3.8, 4) is 5.75 Å². The predicted molar refractivity (Wildman–Crippen MR) is 120 cm³/mol. The molecule has 0 aliphatic rings. The van der Waals surface area contributed by atoms with Crippen LogP contribution in [0.5, 0.6) is 5.75 Å². The van der Waals surface area contributed by atoms with Crippen LogP contribution in [0.4, 0.5) is 0 Å². The van der Waals surface area contributed by atoms with E-state index in [-0.39, 0.29) is 19.6 Å². The van der Waals surface area contributed by atoms with Crippen molar-refractivity contribution in [3.05, 3.63) is 100 Å². The molecule has 0 saturated carbocycles. The number of rotatable bonds is 9. The van der Waals surface area contributed by atoms with E-state index in [1.54, 1.807) is 36.4 Å². The molecule has 0 aromatic heterocycles. The Balaban J connectivity index is 0.00000341. The zero-order chi connectivity index (χ0) is 21.5. The molecule has 156 valence electrons. The van der Waals surface area contributed by atoms with Crippen LogP contribution in [0.25, 0.3) is 0 Å². The van der Waals surface area contributed by atoms with Gasteiger partial charge in [0, 0.05) is 17.6 Å². The number of aliphatic hydroxyl groups excluding tert-OH is 1. The van der Waals surface area contributed by atoms with Gasteiger partial charge in [0.05, 0.1) is 11.7 Å². The van der Waals surface area contributed by atoms with Crippen LogP contribution in [0.15, 0.2) is 72.8 Å². The minimum Gasteiger partial charge on any atom is -0.490 e. The van der Waals surface area contributed by atoms with Crippen LogP contribution in [0, 0.1) is 0 Å². The highest BCUT2D eigenvalue weighted by atomic mass is 35.5. The number of aryl methyl sites for hydroxylation is 1. The van der Waals surface area contributed by atoms with Crippen molar-refractivity contribution in [3.63, 3.8) is 0 Å². The van der Waals surface area contributed by atoms with E-state index in [4.69, 9.17) is 16.3 Å². The van der Waals surface area contributed by atoms with Gasteiger partial charge in [0.15, 0.2) is 11.6 Å².